The number of hydrogen-bond acceptors (Lipinski definition) is 3. The summed E-state index contributed by atoms with van der Waals surface area (Å²) in [5.74, 6) is 0. The minimum absolute atomic E-state index is 0.279. The van der Waals surface area contributed by atoms with E-state index in [1.807, 2.05) is 12.1 Å². The van der Waals surface area contributed by atoms with Crippen molar-refractivity contribution < 1.29 is 5.11 Å². The van der Waals surface area contributed by atoms with Crippen molar-refractivity contribution in [3.05, 3.63) is 24.3 Å². The number of aliphatic hydroxyl groups is 1. The lowest BCUT2D eigenvalue weighted by Gasteiger charge is -2.24. The molecule has 0 aromatic heterocycles. The van der Waals surface area contributed by atoms with Crippen LogP contribution in [0.3, 0.4) is 0 Å². The molecule has 0 heterocycles. The first-order valence-corrected chi connectivity index (χ1v) is 5.99. The molecule has 0 unspecified atom stereocenters. The van der Waals surface area contributed by atoms with Gasteiger partial charge in [-0.2, -0.15) is 0 Å². The maximum atomic E-state index is 8.78. The molecule has 3 N–H and O–H groups in total. The average molecular weight is 222 g/mol. The summed E-state index contributed by atoms with van der Waals surface area (Å²) in [7, 11) is 0. The Hall–Kier alpha value is -1.22. The number of hydrogen-bond donors (Lipinski definition) is 2. The zero-order valence-electron chi connectivity index (χ0n) is 10.0. The predicted molar refractivity (Wildman–Crippen MR) is 69.7 cm³/mol. The second kappa shape index (κ2) is 7.12. The second-order valence-corrected chi connectivity index (χ2v) is 4.01. The predicted octanol–water partition coefficient (Wildman–Crippen LogP) is 2.26. The van der Waals surface area contributed by atoms with Crippen LogP contribution in [0.25, 0.3) is 0 Å². The number of rotatable bonds is 7. The van der Waals surface area contributed by atoms with E-state index in [4.69, 9.17) is 10.8 Å². The molecule has 0 aliphatic rings. The molecule has 1 aromatic rings. The molecule has 0 amide bonds. The highest BCUT2D eigenvalue weighted by molar-refractivity contribution is 5.53. The lowest BCUT2D eigenvalue weighted by atomic mass is 10.2. The van der Waals surface area contributed by atoms with Crippen molar-refractivity contribution in [3.63, 3.8) is 0 Å². The summed E-state index contributed by atoms with van der Waals surface area (Å²) in [6.07, 6.45) is 3.03. The van der Waals surface area contributed by atoms with Gasteiger partial charge in [-0.15, -0.1) is 0 Å². The Morgan fingerprint density at radius 1 is 1.12 bits per heavy atom. The van der Waals surface area contributed by atoms with Gasteiger partial charge in [0.25, 0.3) is 0 Å². The van der Waals surface area contributed by atoms with Gasteiger partial charge in [-0.25, -0.2) is 0 Å². The third kappa shape index (κ3) is 4.11. The number of nitrogen functional groups attached to an aromatic ring is 1. The normalized spacial score (nSPS) is 10.4. The number of nitrogens with zero attached hydrogens (tertiary/aromatic N) is 1. The summed E-state index contributed by atoms with van der Waals surface area (Å²) < 4.78 is 0. The number of aliphatic hydroxyl groups excluding tert-OH is 1. The van der Waals surface area contributed by atoms with E-state index in [9.17, 15) is 0 Å². The van der Waals surface area contributed by atoms with Gasteiger partial charge in [0.1, 0.15) is 0 Å². The van der Waals surface area contributed by atoms with Gasteiger partial charge in [-0.1, -0.05) is 6.92 Å². The molecule has 0 spiro atoms. The van der Waals surface area contributed by atoms with Gasteiger partial charge in [0.15, 0.2) is 0 Å². The van der Waals surface area contributed by atoms with Crippen LogP contribution in [0, 0.1) is 0 Å². The van der Waals surface area contributed by atoms with Crippen LogP contribution < -0.4 is 10.6 Å². The molecule has 3 nitrogen and oxygen atoms in total. The molecule has 0 aliphatic heterocycles. The molecular weight excluding hydrogens is 200 g/mol. The van der Waals surface area contributed by atoms with E-state index in [0.717, 1.165) is 38.0 Å². The highest BCUT2D eigenvalue weighted by Crippen LogP contribution is 2.17. The van der Waals surface area contributed by atoms with Crippen LogP contribution in [-0.4, -0.2) is 24.8 Å². The third-order valence-electron chi connectivity index (χ3n) is 2.59. The van der Waals surface area contributed by atoms with Crippen molar-refractivity contribution in [3.8, 4) is 0 Å². The summed E-state index contributed by atoms with van der Waals surface area (Å²) >= 11 is 0. The molecule has 0 saturated carbocycles. The summed E-state index contributed by atoms with van der Waals surface area (Å²) in [6, 6.07) is 7.99. The first-order valence-electron chi connectivity index (χ1n) is 5.99. The van der Waals surface area contributed by atoms with Crippen LogP contribution in [0.15, 0.2) is 24.3 Å². The summed E-state index contributed by atoms with van der Waals surface area (Å²) in [6.45, 7) is 4.51. The van der Waals surface area contributed by atoms with Crippen LogP contribution in [-0.2, 0) is 0 Å². The van der Waals surface area contributed by atoms with E-state index >= 15 is 0 Å². The van der Waals surface area contributed by atoms with Crippen LogP contribution in [0.4, 0.5) is 11.4 Å². The third-order valence-corrected chi connectivity index (χ3v) is 2.59. The Balaban J connectivity index is 2.57. The van der Waals surface area contributed by atoms with Gasteiger partial charge in [0.2, 0.25) is 0 Å². The highest BCUT2D eigenvalue weighted by Gasteiger charge is 2.04. The van der Waals surface area contributed by atoms with Gasteiger partial charge in [0.05, 0.1) is 0 Å². The quantitative estimate of drug-likeness (QED) is 0.549. The standard InChI is InChI=1S/C13H22N2O/c1-2-9-15(10-3-4-11-16)13-7-5-12(14)6-8-13/h5-8,16H,2-4,9-11,14H2,1H3. The van der Waals surface area contributed by atoms with Crippen molar-refractivity contribution >= 4 is 11.4 Å². The minimum atomic E-state index is 0.279. The monoisotopic (exact) mass is 222 g/mol. The first kappa shape index (κ1) is 12.8. The maximum Gasteiger partial charge on any atom is 0.0431 e. The molecule has 0 saturated heterocycles. The molecule has 90 valence electrons. The lowest BCUT2D eigenvalue weighted by molar-refractivity contribution is 0.285. The molecular formula is C13H22N2O. The van der Waals surface area contributed by atoms with Gasteiger partial charge in [-0.3, -0.25) is 0 Å². The molecule has 16 heavy (non-hydrogen) atoms. The maximum absolute atomic E-state index is 8.78. The fraction of sp³-hybridized carbons (Fsp3) is 0.538. The Morgan fingerprint density at radius 2 is 1.81 bits per heavy atom. The fourth-order valence-corrected chi connectivity index (χ4v) is 1.74. The summed E-state index contributed by atoms with van der Waals surface area (Å²) in [4.78, 5) is 2.34. The number of anilines is 2. The summed E-state index contributed by atoms with van der Waals surface area (Å²) in [5, 5.41) is 8.78. The molecule has 1 rings (SSSR count). The van der Waals surface area contributed by atoms with Crippen LogP contribution in [0.5, 0.6) is 0 Å². The molecule has 0 aliphatic carbocycles. The smallest absolute Gasteiger partial charge is 0.0431 e. The molecule has 0 fully saturated rings. The fourth-order valence-electron chi connectivity index (χ4n) is 1.74. The van der Waals surface area contributed by atoms with E-state index < -0.39 is 0 Å². The zero-order chi connectivity index (χ0) is 11.8. The van der Waals surface area contributed by atoms with E-state index in [2.05, 4.69) is 24.0 Å². The molecule has 0 bridgehead atoms. The zero-order valence-corrected chi connectivity index (χ0v) is 10.0. The van der Waals surface area contributed by atoms with Gasteiger partial charge < -0.3 is 15.7 Å². The van der Waals surface area contributed by atoms with Gasteiger partial charge >= 0.3 is 0 Å². The first-order chi connectivity index (χ1) is 7.77. The topological polar surface area (TPSA) is 49.5 Å². The second-order valence-electron chi connectivity index (χ2n) is 4.01. The van der Waals surface area contributed by atoms with Crippen molar-refractivity contribution in [1.82, 2.24) is 0 Å². The van der Waals surface area contributed by atoms with Crippen molar-refractivity contribution in [2.24, 2.45) is 0 Å². The molecule has 1 aromatic carbocycles. The van der Waals surface area contributed by atoms with Gasteiger partial charge in [0, 0.05) is 31.1 Å². The Kier molecular flexibility index (Phi) is 5.72. The molecule has 0 atom stereocenters. The van der Waals surface area contributed by atoms with Crippen LogP contribution >= 0.6 is 0 Å². The highest BCUT2D eigenvalue weighted by atomic mass is 16.2. The Labute approximate surface area is 97.9 Å². The Morgan fingerprint density at radius 3 is 2.38 bits per heavy atom. The Bertz CT molecular complexity index is 284. The minimum Gasteiger partial charge on any atom is -0.399 e. The number of unbranched alkanes of at least 4 members (excludes halogenated alkanes) is 1. The van der Waals surface area contributed by atoms with Crippen molar-refractivity contribution in [2.75, 3.05) is 30.3 Å². The van der Waals surface area contributed by atoms with Crippen LogP contribution in [0.1, 0.15) is 26.2 Å². The van der Waals surface area contributed by atoms with Crippen LogP contribution in [0.2, 0.25) is 0 Å². The molecule has 0 radical (unpaired) electrons. The lowest BCUT2D eigenvalue weighted by Crippen LogP contribution is -2.25. The van der Waals surface area contributed by atoms with Crippen molar-refractivity contribution in [1.29, 1.82) is 0 Å². The average Bonchev–Trinajstić information content (AvgIpc) is 2.29. The number of benzene rings is 1. The van der Waals surface area contributed by atoms with E-state index in [1.54, 1.807) is 0 Å². The largest absolute Gasteiger partial charge is 0.399 e. The van der Waals surface area contributed by atoms with Gasteiger partial charge in [-0.05, 0) is 43.5 Å². The van der Waals surface area contributed by atoms with E-state index in [-0.39, 0.29) is 6.61 Å². The summed E-state index contributed by atoms with van der Waals surface area (Å²) in [5.41, 5.74) is 7.69. The van der Waals surface area contributed by atoms with Crippen molar-refractivity contribution in [2.45, 2.75) is 26.2 Å². The SMILES string of the molecule is CCCN(CCCCO)c1ccc(N)cc1. The van der Waals surface area contributed by atoms with E-state index in [1.165, 1.54) is 5.69 Å². The van der Waals surface area contributed by atoms with E-state index in [0.29, 0.717) is 0 Å². The number of nitrogens with two attached hydrogens (primary N) is 1. The molecule has 3 heteroatoms.